The van der Waals surface area contributed by atoms with Crippen LogP contribution in [0, 0.1) is 6.92 Å². The fourth-order valence-electron chi connectivity index (χ4n) is 1.78. The van der Waals surface area contributed by atoms with E-state index in [9.17, 15) is 5.11 Å². The Kier molecular flexibility index (Phi) is 4.79. The normalized spacial score (nSPS) is 10.9. The molecular weight excluding hydrogens is 318 g/mol. The molecule has 0 aliphatic carbocycles. The fraction of sp³-hybridized carbons (Fsp3) is 0.188. The minimum absolute atomic E-state index is 0.166. The van der Waals surface area contributed by atoms with Crippen molar-refractivity contribution in [1.82, 2.24) is 0 Å². The number of aliphatic imine (C=N–C) groups is 1. The summed E-state index contributed by atoms with van der Waals surface area (Å²) in [6.45, 7) is 4.50. The lowest BCUT2D eigenvalue weighted by molar-refractivity contribution is 0.339. The quantitative estimate of drug-likeness (QED) is 0.830. The molecule has 0 saturated heterocycles. The van der Waals surface area contributed by atoms with Crippen molar-refractivity contribution < 1.29 is 9.84 Å². The maximum Gasteiger partial charge on any atom is 0.141 e. The van der Waals surface area contributed by atoms with Gasteiger partial charge in [0.2, 0.25) is 0 Å². The van der Waals surface area contributed by atoms with Crippen molar-refractivity contribution in [3.8, 4) is 11.5 Å². The molecule has 2 rings (SSSR count). The van der Waals surface area contributed by atoms with Gasteiger partial charge in [-0.1, -0.05) is 22.0 Å². The summed E-state index contributed by atoms with van der Waals surface area (Å²) in [4.78, 5) is 4.35. The third-order valence-corrected chi connectivity index (χ3v) is 3.24. The van der Waals surface area contributed by atoms with Crippen molar-refractivity contribution in [3.05, 3.63) is 52.0 Å². The van der Waals surface area contributed by atoms with E-state index in [1.54, 1.807) is 12.3 Å². The summed E-state index contributed by atoms with van der Waals surface area (Å²) >= 11 is 3.43. The first-order chi connectivity index (χ1) is 9.60. The molecule has 0 amide bonds. The highest BCUT2D eigenvalue weighted by Gasteiger charge is 2.03. The summed E-state index contributed by atoms with van der Waals surface area (Å²) in [5.41, 5.74) is 2.46. The number of aryl methyl sites for hydroxylation is 1. The SMILES string of the molecule is CCOc1ccc(Br)cc1C=Nc1cc(C)ccc1O. The molecule has 0 fully saturated rings. The Morgan fingerprint density at radius 1 is 1.25 bits per heavy atom. The zero-order valence-corrected chi connectivity index (χ0v) is 13.0. The molecule has 0 saturated carbocycles. The Balaban J connectivity index is 2.35. The number of halogens is 1. The molecule has 2 aromatic carbocycles. The van der Waals surface area contributed by atoms with Crippen molar-refractivity contribution in [2.45, 2.75) is 13.8 Å². The standard InChI is InChI=1S/C16H16BrNO2/c1-3-20-16-7-5-13(17)9-12(16)10-18-14-8-11(2)4-6-15(14)19/h4-10,19H,3H2,1-2H3. The van der Waals surface area contributed by atoms with Gasteiger partial charge in [-0.05, 0) is 49.7 Å². The number of ether oxygens (including phenoxy) is 1. The molecule has 2 aromatic rings. The van der Waals surface area contributed by atoms with E-state index in [0.717, 1.165) is 21.3 Å². The van der Waals surface area contributed by atoms with Gasteiger partial charge in [0.05, 0.1) is 6.61 Å². The molecule has 0 aromatic heterocycles. The third-order valence-electron chi connectivity index (χ3n) is 2.75. The monoisotopic (exact) mass is 333 g/mol. The molecule has 1 N–H and O–H groups in total. The van der Waals surface area contributed by atoms with Gasteiger partial charge in [-0.3, -0.25) is 4.99 Å². The Morgan fingerprint density at radius 3 is 2.80 bits per heavy atom. The minimum Gasteiger partial charge on any atom is -0.506 e. The van der Waals surface area contributed by atoms with Crippen LogP contribution in [-0.2, 0) is 0 Å². The van der Waals surface area contributed by atoms with E-state index in [4.69, 9.17) is 4.74 Å². The molecule has 0 heterocycles. The Labute approximate surface area is 127 Å². The van der Waals surface area contributed by atoms with Gasteiger partial charge in [0.1, 0.15) is 17.2 Å². The molecule has 0 aliphatic heterocycles. The Bertz CT molecular complexity index is 638. The number of phenolic OH excluding ortho intramolecular Hbond substituents is 1. The highest BCUT2D eigenvalue weighted by Crippen LogP contribution is 2.28. The van der Waals surface area contributed by atoms with Crippen molar-refractivity contribution in [1.29, 1.82) is 0 Å². The molecule has 0 spiro atoms. The first-order valence-corrected chi connectivity index (χ1v) is 7.15. The second-order valence-corrected chi connectivity index (χ2v) is 5.28. The number of benzene rings is 2. The van der Waals surface area contributed by atoms with Crippen LogP contribution in [0.5, 0.6) is 11.5 Å². The molecular formula is C16H16BrNO2. The Morgan fingerprint density at radius 2 is 2.05 bits per heavy atom. The van der Waals surface area contributed by atoms with Crippen LogP contribution in [-0.4, -0.2) is 17.9 Å². The van der Waals surface area contributed by atoms with Gasteiger partial charge in [-0.15, -0.1) is 0 Å². The van der Waals surface area contributed by atoms with Crippen LogP contribution < -0.4 is 4.74 Å². The average Bonchev–Trinajstić information content (AvgIpc) is 2.42. The van der Waals surface area contributed by atoms with Crippen LogP contribution in [0.25, 0.3) is 0 Å². The van der Waals surface area contributed by atoms with Gasteiger partial charge in [0.15, 0.2) is 0 Å². The predicted molar refractivity (Wildman–Crippen MR) is 85.4 cm³/mol. The second kappa shape index (κ2) is 6.57. The molecule has 20 heavy (non-hydrogen) atoms. The van der Waals surface area contributed by atoms with Crippen molar-refractivity contribution in [2.24, 2.45) is 4.99 Å². The lowest BCUT2D eigenvalue weighted by Crippen LogP contribution is -1.95. The maximum absolute atomic E-state index is 9.79. The highest BCUT2D eigenvalue weighted by molar-refractivity contribution is 9.10. The zero-order valence-electron chi connectivity index (χ0n) is 11.4. The van der Waals surface area contributed by atoms with Gasteiger partial charge in [0, 0.05) is 16.3 Å². The van der Waals surface area contributed by atoms with Crippen molar-refractivity contribution in [3.63, 3.8) is 0 Å². The minimum atomic E-state index is 0.166. The fourth-order valence-corrected chi connectivity index (χ4v) is 2.16. The van der Waals surface area contributed by atoms with Gasteiger partial charge >= 0.3 is 0 Å². The van der Waals surface area contributed by atoms with E-state index in [-0.39, 0.29) is 5.75 Å². The number of rotatable bonds is 4. The van der Waals surface area contributed by atoms with Gasteiger partial charge in [-0.25, -0.2) is 0 Å². The topological polar surface area (TPSA) is 41.8 Å². The average molecular weight is 334 g/mol. The first kappa shape index (κ1) is 14.6. The van der Waals surface area contributed by atoms with Crippen LogP contribution in [0.1, 0.15) is 18.1 Å². The lowest BCUT2D eigenvalue weighted by Gasteiger charge is -2.07. The van der Waals surface area contributed by atoms with E-state index >= 15 is 0 Å². The number of phenols is 1. The summed E-state index contributed by atoms with van der Waals surface area (Å²) in [6, 6.07) is 11.1. The van der Waals surface area contributed by atoms with E-state index < -0.39 is 0 Å². The summed E-state index contributed by atoms with van der Waals surface area (Å²) in [5, 5.41) is 9.79. The maximum atomic E-state index is 9.79. The highest BCUT2D eigenvalue weighted by atomic mass is 79.9. The van der Waals surface area contributed by atoms with Gasteiger partial charge in [-0.2, -0.15) is 0 Å². The molecule has 0 atom stereocenters. The van der Waals surface area contributed by atoms with Crippen molar-refractivity contribution in [2.75, 3.05) is 6.61 Å². The first-order valence-electron chi connectivity index (χ1n) is 6.36. The largest absolute Gasteiger partial charge is 0.506 e. The van der Waals surface area contributed by atoms with Crippen LogP contribution in [0.15, 0.2) is 45.9 Å². The third kappa shape index (κ3) is 3.61. The number of nitrogens with zero attached hydrogens (tertiary/aromatic N) is 1. The summed E-state index contributed by atoms with van der Waals surface area (Å²) < 4.78 is 6.51. The number of hydrogen-bond acceptors (Lipinski definition) is 3. The van der Waals surface area contributed by atoms with E-state index in [2.05, 4.69) is 20.9 Å². The van der Waals surface area contributed by atoms with Crippen molar-refractivity contribution >= 4 is 27.8 Å². The van der Waals surface area contributed by atoms with E-state index in [0.29, 0.717) is 12.3 Å². The van der Waals surface area contributed by atoms with Gasteiger partial charge < -0.3 is 9.84 Å². The molecule has 0 unspecified atom stereocenters. The molecule has 104 valence electrons. The molecule has 0 aliphatic rings. The molecule has 0 radical (unpaired) electrons. The molecule has 3 nitrogen and oxygen atoms in total. The smallest absolute Gasteiger partial charge is 0.141 e. The van der Waals surface area contributed by atoms with Crippen LogP contribution in [0.2, 0.25) is 0 Å². The number of hydrogen-bond donors (Lipinski definition) is 1. The molecule has 0 bridgehead atoms. The number of aromatic hydroxyl groups is 1. The predicted octanol–water partition coefficient (Wildman–Crippen LogP) is 4.61. The zero-order chi connectivity index (χ0) is 14.5. The second-order valence-electron chi connectivity index (χ2n) is 4.37. The van der Waals surface area contributed by atoms with Gasteiger partial charge in [0.25, 0.3) is 0 Å². The van der Waals surface area contributed by atoms with Crippen LogP contribution in [0.4, 0.5) is 5.69 Å². The summed E-state index contributed by atoms with van der Waals surface area (Å²) in [6.07, 6.45) is 1.70. The van der Waals surface area contributed by atoms with Crippen LogP contribution in [0.3, 0.4) is 0 Å². The Hall–Kier alpha value is -1.81. The van der Waals surface area contributed by atoms with Crippen LogP contribution >= 0.6 is 15.9 Å². The van der Waals surface area contributed by atoms with E-state index in [1.807, 2.05) is 44.2 Å². The lowest BCUT2D eigenvalue weighted by atomic mass is 10.2. The van der Waals surface area contributed by atoms with E-state index in [1.165, 1.54) is 0 Å². The molecule has 4 heteroatoms. The summed E-state index contributed by atoms with van der Waals surface area (Å²) in [7, 11) is 0. The summed E-state index contributed by atoms with van der Waals surface area (Å²) in [5.74, 6) is 0.936.